The largest absolute Gasteiger partial charge is 0.395 e. The van der Waals surface area contributed by atoms with Crippen LogP contribution in [0, 0.1) is 0 Å². The van der Waals surface area contributed by atoms with Gasteiger partial charge in [0.15, 0.2) is 0 Å². The first kappa shape index (κ1) is 20.6. The zero-order chi connectivity index (χ0) is 20.9. The number of aliphatic hydroxyl groups excluding tert-OH is 1. The molecule has 1 saturated heterocycles. The highest BCUT2D eigenvalue weighted by atomic mass is 32.1. The number of rotatable bonds is 7. The maximum absolute atomic E-state index is 11.9. The van der Waals surface area contributed by atoms with Crippen molar-refractivity contribution in [3.05, 3.63) is 47.2 Å². The van der Waals surface area contributed by atoms with E-state index >= 15 is 0 Å². The number of thiazole rings is 1. The molecule has 0 saturated carbocycles. The van der Waals surface area contributed by atoms with E-state index in [0.29, 0.717) is 17.6 Å². The predicted molar refractivity (Wildman–Crippen MR) is 118 cm³/mol. The molecule has 9 heteroatoms. The summed E-state index contributed by atoms with van der Waals surface area (Å²) in [6.45, 7) is 5.89. The van der Waals surface area contributed by atoms with Gasteiger partial charge in [-0.25, -0.2) is 15.0 Å². The minimum absolute atomic E-state index is 0.0919. The molecule has 1 unspecified atom stereocenters. The molecule has 0 radical (unpaired) electrons. The molecular weight excluding hydrogens is 400 g/mol. The molecule has 1 atom stereocenters. The lowest BCUT2D eigenvalue weighted by Gasteiger charge is -2.39. The number of anilines is 1. The topological polar surface area (TPSA) is 94.5 Å². The minimum atomic E-state index is -0.275. The molecule has 2 N–H and O–H groups in total. The van der Waals surface area contributed by atoms with E-state index in [0.717, 1.165) is 38.1 Å². The van der Waals surface area contributed by atoms with Crippen LogP contribution in [-0.2, 0) is 0 Å². The minimum Gasteiger partial charge on any atom is -0.395 e. The average molecular weight is 427 g/mol. The summed E-state index contributed by atoms with van der Waals surface area (Å²) >= 11 is 1.67. The molecule has 1 amide bonds. The molecule has 0 spiro atoms. The molecule has 8 nitrogen and oxygen atoms in total. The van der Waals surface area contributed by atoms with Gasteiger partial charge in [-0.05, 0) is 24.1 Å². The van der Waals surface area contributed by atoms with Gasteiger partial charge in [-0.15, -0.1) is 11.3 Å². The highest BCUT2D eigenvalue weighted by Crippen LogP contribution is 2.29. The number of benzene rings is 1. The number of piperazine rings is 1. The maximum Gasteiger partial charge on any atom is 0.254 e. The van der Waals surface area contributed by atoms with Crippen molar-refractivity contribution in [2.45, 2.75) is 19.4 Å². The average Bonchev–Trinajstić information content (AvgIpc) is 3.27. The Balaban J connectivity index is 1.38. The van der Waals surface area contributed by atoms with Crippen molar-refractivity contribution >= 4 is 33.4 Å². The van der Waals surface area contributed by atoms with E-state index in [-0.39, 0.29) is 19.1 Å². The Labute approximate surface area is 179 Å². The molecule has 1 aromatic carbocycles. The number of nitrogens with one attached hydrogen (secondary N) is 1. The van der Waals surface area contributed by atoms with Crippen LogP contribution in [0.3, 0.4) is 0 Å². The first-order valence-electron chi connectivity index (χ1n) is 10.2. The Morgan fingerprint density at radius 2 is 1.97 bits per heavy atom. The fourth-order valence-electron chi connectivity index (χ4n) is 3.89. The van der Waals surface area contributed by atoms with Gasteiger partial charge in [0.1, 0.15) is 0 Å². The normalized spacial score (nSPS) is 16.0. The third-order valence-electron chi connectivity index (χ3n) is 5.46. The van der Waals surface area contributed by atoms with Gasteiger partial charge in [-0.2, -0.15) is 0 Å². The van der Waals surface area contributed by atoms with E-state index < -0.39 is 0 Å². The highest BCUT2D eigenvalue weighted by Gasteiger charge is 2.25. The lowest BCUT2D eigenvalue weighted by molar-refractivity contribution is 0.0944. The second-order valence-electron chi connectivity index (χ2n) is 7.28. The number of amides is 1. The summed E-state index contributed by atoms with van der Waals surface area (Å²) < 4.78 is 1.23. The number of aliphatic hydroxyl groups is 1. The Morgan fingerprint density at radius 3 is 2.67 bits per heavy atom. The molecule has 1 aliphatic heterocycles. The molecule has 2 aromatic heterocycles. The van der Waals surface area contributed by atoms with Gasteiger partial charge in [-0.3, -0.25) is 9.69 Å². The number of aromatic nitrogens is 3. The zero-order valence-electron chi connectivity index (χ0n) is 17.0. The van der Waals surface area contributed by atoms with Crippen LogP contribution >= 0.6 is 11.3 Å². The Hall–Kier alpha value is -2.62. The number of carbonyl (C=O) groups is 1. The van der Waals surface area contributed by atoms with Crippen molar-refractivity contribution in [1.29, 1.82) is 0 Å². The summed E-state index contributed by atoms with van der Waals surface area (Å²) in [5.41, 5.74) is 4.69. The molecule has 158 valence electrons. The summed E-state index contributed by atoms with van der Waals surface area (Å²) in [6, 6.07) is 6.99. The molecule has 30 heavy (non-hydrogen) atoms. The van der Waals surface area contributed by atoms with E-state index in [4.69, 9.17) is 5.11 Å². The third kappa shape index (κ3) is 4.43. The van der Waals surface area contributed by atoms with Gasteiger partial charge in [0.2, 0.25) is 5.95 Å². The van der Waals surface area contributed by atoms with Crippen LogP contribution < -0.4 is 10.2 Å². The van der Waals surface area contributed by atoms with Gasteiger partial charge >= 0.3 is 0 Å². The van der Waals surface area contributed by atoms with Crippen LogP contribution in [0.5, 0.6) is 0 Å². The van der Waals surface area contributed by atoms with E-state index in [1.165, 1.54) is 10.3 Å². The highest BCUT2D eigenvalue weighted by molar-refractivity contribution is 7.16. The quantitative estimate of drug-likeness (QED) is 0.597. The third-order valence-corrected chi connectivity index (χ3v) is 6.27. The van der Waals surface area contributed by atoms with Crippen LogP contribution in [0.4, 0.5) is 5.95 Å². The molecule has 0 aliphatic carbocycles. The van der Waals surface area contributed by atoms with Crippen LogP contribution in [0.15, 0.2) is 36.1 Å². The second kappa shape index (κ2) is 9.46. The van der Waals surface area contributed by atoms with Crippen LogP contribution in [0.2, 0.25) is 0 Å². The van der Waals surface area contributed by atoms with Crippen molar-refractivity contribution in [3.63, 3.8) is 0 Å². The molecule has 3 heterocycles. The summed E-state index contributed by atoms with van der Waals surface area (Å²) in [7, 11) is 0. The maximum atomic E-state index is 11.9. The summed E-state index contributed by atoms with van der Waals surface area (Å²) in [5, 5.41) is 11.4. The van der Waals surface area contributed by atoms with Gasteiger partial charge in [0.05, 0.1) is 27.9 Å². The standard InChI is InChI=1S/C21H26N6O2S/c1-2-18(15-3-4-19-17(11-15)25-14-30-19)26-6-8-27(9-7-26)21-23-12-16(13-24-21)20(29)22-5-10-28/h3-4,11-14,18,28H,2,5-10H2,1H3,(H,22,29). The smallest absolute Gasteiger partial charge is 0.254 e. The lowest BCUT2D eigenvalue weighted by Crippen LogP contribution is -2.48. The SMILES string of the molecule is CCC(c1ccc2scnc2c1)N1CCN(c2ncc(C(=O)NCCO)cn2)CC1. The van der Waals surface area contributed by atoms with Crippen molar-refractivity contribution in [3.8, 4) is 0 Å². The molecule has 4 rings (SSSR count). The van der Waals surface area contributed by atoms with Gasteiger partial charge < -0.3 is 15.3 Å². The Kier molecular flexibility index (Phi) is 6.51. The number of fused-ring (bicyclic) bond motifs is 1. The summed E-state index contributed by atoms with van der Waals surface area (Å²) in [5.74, 6) is 0.369. The van der Waals surface area contributed by atoms with Gasteiger partial charge in [0.25, 0.3) is 5.91 Å². The Morgan fingerprint density at radius 1 is 1.20 bits per heavy atom. The number of nitrogens with zero attached hydrogens (tertiary/aromatic N) is 5. The predicted octanol–water partition coefficient (Wildman–Crippen LogP) is 2.08. The molecule has 1 aliphatic rings. The van der Waals surface area contributed by atoms with Crippen LogP contribution in [-0.4, -0.2) is 70.2 Å². The van der Waals surface area contributed by atoms with E-state index in [9.17, 15) is 4.79 Å². The summed E-state index contributed by atoms with van der Waals surface area (Å²) in [6.07, 6.45) is 4.13. The number of carbonyl (C=O) groups excluding carboxylic acids is 1. The van der Waals surface area contributed by atoms with Crippen LogP contribution in [0.25, 0.3) is 10.2 Å². The zero-order valence-corrected chi connectivity index (χ0v) is 17.8. The molecule has 0 bridgehead atoms. The van der Waals surface area contributed by atoms with Gasteiger partial charge in [-0.1, -0.05) is 13.0 Å². The van der Waals surface area contributed by atoms with Crippen molar-refractivity contribution < 1.29 is 9.90 Å². The van der Waals surface area contributed by atoms with E-state index in [1.54, 1.807) is 23.7 Å². The lowest BCUT2D eigenvalue weighted by atomic mass is 10.0. The fraction of sp³-hybridized carbons (Fsp3) is 0.429. The monoisotopic (exact) mass is 426 g/mol. The number of hydrogen-bond acceptors (Lipinski definition) is 8. The molecule has 3 aromatic rings. The number of hydrogen-bond donors (Lipinski definition) is 2. The van der Waals surface area contributed by atoms with E-state index in [2.05, 4.69) is 55.2 Å². The fourth-order valence-corrected chi connectivity index (χ4v) is 4.55. The van der Waals surface area contributed by atoms with Gasteiger partial charge in [0, 0.05) is 51.2 Å². The summed E-state index contributed by atoms with van der Waals surface area (Å²) in [4.78, 5) is 29.8. The first-order chi connectivity index (χ1) is 14.7. The molecule has 1 fully saturated rings. The first-order valence-corrected chi connectivity index (χ1v) is 11.1. The van der Waals surface area contributed by atoms with Crippen molar-refractivity contribution in [1.82, 2.24) is 25.2 Å². The van der Waals surface area contributed by atoms with Crippen molar-refractivity contribution in [2.75, 3.05) is 44.2 Å². The van der Waals surface area contributed by atoms with E-state index in [1.807, 2.05) is 5.51 Å². The second-order valence-corrected chi connectivity index (χ2v) is 8.16. The van der Waals surface area contributed by atoms with Crippen LogP contribution in [0.1, 0.15) is 35.3 Å². The molecular formula is C21H26N6O2S. The Bertz CT molecular complexity index is 985. The van der Waals surface area contributed by atoms with Crippen molar-refractivity contribution in [2.24, 2.45) is 0 Å².